The van der Waals surface area contributed by atoms with Crippen molar-refractivity contribution in [2.24, 2.45) is 23.2 Å². The van der Waals surface area contributed by atoms with Crippen LogP contribution in [0.4, 0.5) is 10.6 Å². The number of piperazine rings is 1. The maximum absolute atomic E-state index is 13.0. The summed E-state index contributed by atoms with van der Waals surface area (Å²) < 4.78 is 19.3. The Balaban J connectivity index is 0.850. The van der Waals surface area contributed by atoms with Crippen LogP contribution in [0.3, 0.4) is 0 Å². The van der Waals surface area contributed by atoms with Gasteiger partial charge in [0.1, 0.15) is 19.0 Å². The number of esters is 1. The molecule has 4 bridgehead atoms. The molecule has 3 heterocycles. The Morgan fingerprint density at radius 2 is 1.40 bits per heavy atom. The van der Waals surface area contributed by atoms with Crippen molar-refractivity contribution in [2.45, 2.75) is 64.9 Å². The van der Waals surface area contributed by atoms with E-state index in [4.69, 9.17) is 24.3 Å². The third-order valence-electron chi connectivity index (χ3n) is 12.8. The second-order valence-electron chi connectivity index (χ2n) is 17.0. The van der Waals surface area contributed by atoms with E-state index in [-0.39, 0.29) is 24.1 Å². The zero-order valence-corrected chi connectivity index (χ0v) is 33.0. The van der Waals surface area contributed by atoms with Gasteiger partial charge in [0.2, 0.25) is 0 Å². The van der Waals surface area contributed by atoms with Crippen molar-refractivity contribution in [3.63, 3.8) is 0 Å². The molecule has 4 aliphatic carbocycles. The Bertz CT molecular complexity index is 2160. The normalized spacial score (nSPS) is 22.6. The van der Waals surface area contributed by atoms with Crippen molar-refractivity contribution in [1.82, 2.24) is 19.5 Å². The van der Waals surface area contributed by atoms with Crippen LogP contribution >= 0.6 is 0 Å². The van der Waals surface area contributed by atoms with Crippen LogP contribution < -0.4 is 4.90 Å². The fourth-order valence-electron chi connectivity index (χ4n) is 10.6. The molecule has 5 aliphatic rings. The number of benzene rings is 3. The van der Waals surface area contributed by atoms with Gasteiger partial charge in [0.15, 0.2) is 5.65 Å². The highest BCUT2D eigenvalue weighted by atomic mass is 16.6. The van der Waals surface area contributed by atoms with E-state index in [1.165, 1.54) is 38.5 Å². The molecule has 3 aromatic carbocycles. The molecular formula is C47H53N5O5. The Morgan fingerprint density at radius 3 is 2.12 bits per heavy atom. The number of nitrogens with zero attached hydrogens (tertiary/aromatic N) is 5. The third-order valence-corrected chi connectivity index (χ3v) is 12.8. The summed E-state index contributed by atoms with van der Waals surface area (Å²) in [6.45, 7) is 5.86. The first-order valence-electron chi connectivity index (χ1n) is 20.9. The molecule has 4 saturated carbocycles. The Kier molecular flexibility index (Phi) is 10.7. The van der Waals surface area contributed by atoms with Crippen molar-refractivity contribution in [1.29, 1.82) is 0 Å². The summed E-state index contributed by atoms with van der Waals surface area (Å²) >= 11 is 0. The predicted octanol–water partition coefficient (Wildman–Crippen LogP) is 8.54. The number of hydrogen-bond acceptors (Lipinski definition) is 8. The predicted molar refractivity (Wildman–Crippen MR) is 220 cm³/mol. The molecule has 2 aromatic heterocycles. The molecular weight excluding hydrogens is 715 g/mol. The summed E-state index contributed by atoms with van der Waals surface area (Å²) in [5, 5.41) is 5.02. The number of rotatable bonds is 13. The van der Waals surface area contributed by atoms with Gasteiger partial charge >= 0.3 is 12.1 Å². The van der Waals surface area contributed by atoms with Crippen LogP contribution in [0.25, 0.3) is 28.0 Å². The number of aromatic nitrogens is 3. The maximum atomic E-state index is 13.0. The Morgan fingerprint density at radius 1 is 0.737 bits per heavy atom. The molecule has 296 valence electrons. The summed E-state index contributed by atoms with van der Waals surface area (Å²) in [5.74, 6) is 3.38. The van der Waals surface area contributed by atoms with Crippen molar-refractivity contribution in [2.75, 3.05) is 50.9 Å². The van der Waals surface area contributed by atoms with E-state index in [1.54, 1.807) is 4.90 Å². The number of carbonyl (C=O) groups excluding carboxylic acids is 2. The average molecular weight is 768 g/mol. The minimum Gasteiger partial charge on any atom is -0.463 e. The summed E-state index contributed by atoms with van der Waals surface area (Å²) in [6.07, 6.45) is 8.81. The van der Waals surface area contributed by atoms with Crippen molar-refractivity contribution in [3.8, 4) is 22.4 Å². The van der Waals surface area contributed by atoms with Gasteiger partial charge in [-0.05, 0) is 97.8 Å². The quantitative estimate of drug-likeness (QED) is 0.0869. The van der Waals surface area contributed by atoms with Crippen LogP contribution in [-0.4, -0.2) is 77.6 Å². The smallest absolute Gasteiger partial charge is 0.410 e. The fraction of sp³-hybridized carbons (Fsp3) is 0.447. The fourth-order valence-corrected chi connectivity index (χ4v) is 10.6. The average Bonchev–Trinajstić information content (AvgIpc) is 3.56. The van der Waals surface area contributed by atoms with E-state index in [0.717, 1.165) is 74.8 Å². The highest BCUT2D eigenvalue weighted by Gasteiger charge is 2.51. The minimum absolute atomic E-state index is 0.0517. The van der Waals surface area contributed by atoms with E-state index in [0.29, 0.717) is 52.4 Å². The van der Waals surface area contributed by atoms with E-state index < -0.39 is 0 Å². The third kappa shape index (κ3) is 8.28. The van der Waals surface area contributed by atoms with Gasteiger partial charge in [-0.3, -0.25) is 4.79 Å². The molecule has 10 heteroatoms. The summed E-state index contributed by atoms with van der Waals surface area (Å²) in [5.41, 5.74) is 7.94. The summed E-state index contributed by atoms with van der Waals surface area (Å²) in [4.78, 5) is 35.2. The van der Waals surface area contributed by atoms with Gasteiger partial charge in [0.25, 0.3) is 0 Å². The molecule has 10 nitrogen and oxygen atoms in total. The van der Waals surface area contributed by atoms with Crippen LogP contribution in [0, 0.1) is 30.1 Å². The molecule has 0 radical (unpaired) electrons. The van der Waals surface area contributed by atoms with E-state index in [2.05, 4.69) is 47.4 Å². The molecule has 1 amide bonds. The molecule has 0 atom stereocenters. The zero-order chi connectivity index (χ0) is 38.8. The topological polar surface area (TPSA) is 98.5 Å². The van der Waals surface area contributed by atoms with Gasteiger partial charge in [-0.15, -0.1) is 0 Å². The Labute approximate surface area is 335 Å². The van der Waals surface area contributed by atoms with Crippen molar-refractivity contribution >= 4 is 23.5 Å². The lowest BCUT2D eigenvalue weighted by atomic mass is 9.49. The first-order valence-corrected chi connectivity index (χ1v) is 20.9. The molecule has 57 heavy (non-hydrogen) atoms. The van der Waals surface area contributed by atoms with Gasteiger partial charge in [0, 0.05) is 43.4 Å². The number of amides is 1. The molecule has 0 spiro atoms. The van der Waals surface area contributed by atoms with Crippen LogP contribution in [0.5, 0.6) is 0 Å². The standard InChI is InChI=1S/C47H53N5O5/c1-33-44(39-12-6-3-7-13-39)45-48-41(27-42(52(45)49-33)50-16-18-51(19-17-50)46(54)57-32-35-9-4-2-5-10-35)40-14-8-11-34(26-40)15-20-55-21-22-56-43(53)31-47-28-36-23-37(29-47)25-38(24-36)30-47/h2-14,26-27,36-38H,15-25,28-32H2,1H3. The highest BCUT2D eigenvalue weighted by Crippen LogP contribution is 2.61. The van der Waals surface area contributed by atoms with Crippen molar-refractivity contribution < 1.29 is 23.8 Å². The lowest BCUT2D eigenvalue weighted by Gasteiger charge is -2.56. The minimum atomic E-state index is -0.297. The summed E-state index contributed by atoms with van der Waals surface area (Å²) in [6, 6.07) is 30.6. The lowest BCUT2D eigenvalue weighted by Crippen LogP contribution is -2.49. The number of carbonyl (C=O) groups is 2. The molecule has 0 unspecified atom stereocenters. The van der Waals surface area contributed by atoms with Crippen LogP contribution in [0.2, 0.25) is 0 Å². The van der Waals surface area contributed by atoms with E-state index in [9.17, 15) is 9.59 Å². The van der Waals surface area contributed by atoms with Gasteiger partial charge in [-0.1, -0.05) is 78.9 Å². The number of anilines is 1. The SMILES string of the molecule is Cc1nn2c(N3CCN(C(=O)OCc4ccccc4)CC3)cc(-c3cccc(CCOCCOC(=O)CC45CC6CC(CC(C6)C4)C5)c3)nc2c1-c1ccccc1. The second-order valence-corrected chi connectivity index (χ2v) is 17.0. The largest absolute Gasteiger partial charge is 0.463 e. The zero-order valence-electron chi connectivity index (χ0n) is 33.0. The molecule has 5 fully saturated rings. The maximum Gasteiger partial charge on any atom is 0.410 e. The van der Waals surface area contributed by atoms with Gasteiger partial charge in [-0.25, -0.2) is 9.78 Å². The van der Waals surface area contributed by atoms with Gasteiger partial charge < -0.3 is 24.0 Å². The monoisotopic (exact) mass is 767 g/mol. The van der Waals surface area contributed by atoms with Crippen molar-refractivity contribution in [3.05, 3.63) is 108 Å². The number of fused-ring (bicyclic) bond motifs is 1. The first kappa shape index (κ1) is 37.4. The Hall–Kier alpha value is -5.22. The number of ether oxygens (including phenoxy) is 3. The molecule has 5 aromatic rings. The van der Waals surface area contributed by atoms with Crippen LogP contribution in [-0.2, 0) is 32.0 Å². The van der Waals surface area contributed by atoms with E-state index >= 15 is 0 Å². The summed E-state index contributed by atoms with van der Waals surface area (Å²) in [7, 11) is 0. The number of hydrogen-bond donors (Lipinski definition) is 0. The number of aryl methyl sites for hydroxylation is 1. The molecule has 1 saturated heterocycles. The highest BCUT2D eigenvalue weighted by molar-refractivity contribution is 5.83. The van der Waals surface area contributed by atoms with Crippen LogP contribution in [0.15, 0.2) is 91.0 Å². The molecule has 1 aliphatic heterocycles. The first-order chi connectivity index (χ1) is 27.9. The van der Waals surface area contributed by atoms with Crippen LogP contribution in [0.1, 0.15) is 61.8 Å². The molecule has 10 rings (SSSR count). The molecule has 0 N–H and O–H groups in total. The second kappa shape index (κ2) is 16.3. The van der Waals surface area contributed by atoms with Gasteiger partial charge in [0.05, 0.1) is 31.0 Å². The van der Waals surface area contributed by atoms with Gasteiger partial charge in [-0.2, -0.15) is 9.61 Å². The van der Waals surface area contributed by atoms with E-state index in [1.807, 2.05) is 60.0 Å². The lowest BCUT2D eigenvalue weighted by molar-refractivity contribution is -0.153.